The van der Waals surface area contributed by atoms with E-state index in [4.69, 9.17) is 14.2 Å². The van der Waals surface area contributed by atoms with E-state index in [0.29, 0.717) is 23.7 Å². The molecule has 0 saturated heterocycles. The van der Waals surface area contributed by atoms with Crippen molar-refractivity contribution in [3.05, 3.63) is 125 Å². The van der Waals surface area contributed by atoms with Crippen LogP contribution in [0.1, 0.15) is 22.3 Å². The summed E-state index contributed by atoms with van der Waals surface area (Å²) >= 11 is 0. The van der Waals surface area contributed by atoms with Gasteiger partial charge in [0.25, 0.3) is 0 Å². The zero-order valence-electron chi connectivity index (χ0n) is 20.1. The first-order valence-electron chi connectivity index (χ1n) is 11.6. The summed E-state index contributed by atoms with van der Waals surface area (Å²) in [6, 6.07) is 31.5. The zero-order chi connectivity index (χ0) is 24.9. The highest BCUT2D eigenvalue weighted by Crippen LogP contribution is 2.34. The molecule has 0 atom stereocenters. The second-order valence-electron chi connectivity index (χ2n) is 8.44. The Kier molecular flexibility index (Phi) is 6.63. The van der Waals surface area contributed by atoms with Crippen LogP contribution in [0.4, 0.5) is 0 Å². The largest absolute Gasteiger partial charge is 0.493 e. The summed E-state index contributed by atoms with van der Waals surface area (Å²) in [5.74, 6) is 0.877. The number of hydrogen-bond acceptors (Lipinski definition) is 5. The lowest BCUT2D eigenvalue weighted by atomic mass is 10.0. The maximum atomic E-state index is 12.7. The molecular formula is C31H25NO4. The minimum atomic E-state index is -0.510. The predicted octanol–water partition coefficient (Wildman–Crippen LogP) is 6.59. The average Bonchev–Trinajstić information content (AvgIpc) is 3.28. The number of benzene rings is 4. The lowest BCUT2D eigenvalue weighted by molar-refractivity contribution is -0.129. The Hall–Kier alpha value is -4.64. The van der Waals surface area contributed by atoms with Crippen LogP contribution in [0, 0.1) is 6.92 Å². The molecule has 0 radical (unpaired) electrons. The topological polar surface area (TPSA) is 57.1 Å². The molecule has 5 nitrogen and oxygen atoms in total. The number of rotatable bonds is 7. The highest BCUT2D eigenvalue weighted by molar-refractivity contribution is 6.13. The first-order chi connectivity index (χ1) is 17.6. The first-order valence-corrected chi connectivity index (χ1v) is 11.6. The summed E-state index contributed by atoms with van der Waals surface area (Å²) in [4.78, 5) is 17.1. The van der Waals surface area contributed by atoms with Crippen LogP contribution in [-0.4, -0.2) is 19.0 Å². The van der Waals surface area contributed by atoms with E-state index in [-0.39, 0.29) is 11.6 Å². The van der Waals surface area contributed by atoms with Gasteiger partial charge in [0.05, 0.1) is 7.11 Å². The summed E-state index contributed by atoms with van der Waals surface area (Å²) in [5, 5.41) is 0. The van der Waals surface area contributed by atoms with Crippen LogP contribution in [0.2, 0.25) is 0 Å². The van der Waals surface area contributed by atoms with Crippen LogP contribution in [0.15, 0.2) is 108 Å². The van der Waals surface area contributed by atoms with Gasteiger partial charge in [-0.1, -0.05) is 84.4 Å². The van der Waals surface area contributed by atoms with Gasteiger partial charge in [0, 0.05) is 11.1 Å². The van der Waals surface area contributed by atoms with Gasteiger partial charge in [-0.3, -0.25) is 0 Å². The van der Waals surface area contributed by atoms with Crippen LogP contribution >= 0.6 is 0 Å². The van der Waals surface area contributed by atoms with Crippen molar-refractivity contribution in [3.8, 4) is 22.6 Å². The van der Waals surface area contributed by atoms with Crippen molar-refractivity contribution < 1.29 is 19.0 Å². The lowest BCUT2D eigenvalue weighted by Crippen LogP contribution is -2.05. The summed E-state index contributed by atoms with van der Waals surface area (Å²) in [5.41, 5.74) is 6.00. The van der Waals surface area contributed by atoms with E-state index in [9.17, 15) is 4.79 Å². The minimum absolute atomic E-state index is 0.200. The van der Waals surface area contributed by atoms with E-state index in [1.165, 1.54) is 0 Å². The monoisotopic (exact) mass is 475 g/mol. The van der Waals surface area contributed by atoms with Crippen LogP contribution in [0.5, 0.6) is 11.5 Å². The molecule has 0 spiro atoms. The maximum absolute atomic E-state index is 12.7. The second kappa shape index (κ2) is 10.3. The molecule has 4 aromatic carbocycles. The molecule has 0 unspecified atom stereocenters. The number of aliphatic imine (C=N–C) groups is 1. The molecule has 0 bridgehead atoms. The van der Waals surface area contributed by atoms with Crippen LogP contribution in [0.3, 0.4) is 0 Å². The molecule has 1 aliphatic heterocycles. The van der Waals surface area contributed by atoms with Crippen molar-refractivity contribution in [1.29, 1.82) is 0 Å². The van der Waals surface area contributed by atoms with E-state index in [0.717, 1.165) is 27.8 Å². The van der Waals surface area contributed by atoms with Gasteiger partial charge in [-0.25, -0.2) is 9.79 Å². The van der Waals surface area contributed by atoms with Gasteiger partial charge in [0.2, 0.25) is 5.90 Å². The normalized spacial score (nSPS) is 13.9. The van der Waals surface area contributed by atoms with Crippen molar-refractivity contribution in [2.24, 2.45) is 4.99 Å². The Labute approximate surface area is 210 Å². The van der Waals surface area contributed by atoms with Crippen molar-refractivity contribution in [2.75, 3.05) is 7.11 Å². The van der Waals surface area contributed by atoms with Crippen LogP contribution in [-0.2, 0) is 16.1 Å². The van der Waals surface area contributed by atoms with E-state index in [1.807, 2.05) is 85.8 Å². The lowest BCUT2D eigenvalue weighted by Gasteiger charge is -2.14. The fraction of sp³-hybridized carbons (Fsp3) is 0.0968. The number of carbonyl (C=O) groups is 1. The standard InChI is InChI=1S/C31H25NO4/c1-21-8-6-9-22(18-21)20-35-29-26(12-7-13-28(29)34-2)19-27-31(33)36-30(32-27)25-16-14-24(15-17-25)23-10-4-3-5-11-23/h3-19H,20H2,1-2H3/b27-19-. The van der Waals surface area contributed by atoms with Gasteiger partial charge in [0.15, 0.2) is 17.2 Å². The molecule has 5 heteroatoms. The van der Waals surface area contributed by atoms with E-state index >= 15 is 0 Å². The zero-order valence-corrected chi connectivity index (χ0v) is 20.1. The summed E-state index contributed by atoms with van der Waals surface area (Å²) in [6.07, 6.45) is 1.67. The van der Waals surface area contributed by atoms with E-state index in [1.54, 1.807) is 13.2 Å². The quantitative estimate of drug-likeness (QED) is 0.223. The number of nitrogens with zero attached hydrogens (tertiary/aromatic N) is 1. The molecule has 36 heavy (non-hydrogen) atoms. The Morgan fingerprint density at radius 1 is 0.833 bits per heavy atom. The summed E-state index contributed by atoms with van der Waals surface area (Å²) in [7, 11) is 1.59. The van der Waals surface area contributed by atoms with Gasteiger partial charge in [0.1, 0.15) is 6.61 Å². The van der Waals surface area contributed by atoms with Gasteiger partial charge in [-0.05, 0) is 47.9 Å². The number of aryl methyl sites for hydroxylation is 1. The molecule has 1 aliphatic rings. The van der Waals surface area contributed by atoms with Crippen LogP contribution < -0.4 is 9.47 Å². The number of carbonyl (C=O) groups excluding carboxylic acids is 1. The fourth-order valence-corrected chi connectivity index (χ4v) is 4.03. The predicted molar refractivity (Wildman–Crippen MR) is 141 cm³/mol. The SMILES string of the molecule is COc1cccc(/C=C2\N=C(c3ccc(-c4ccccc4)cc3)OC2=O)c1OCc1cccc(C)c1. The molecule has 1 heterocycles. The number of cyclic esters (lactones) is 1. The highest BCUT2D eigenvalue weighted by Gasteiger charge is 2.25. The molecule has 4 aromatic rings. The second-order valence-corrected chi connectivity index (χ2v) is 8.44. The first kappa shape index (κ1) is 23.1. The number of ether oxygens (including phenoxy) is 3. The third-order valence-electron chi connectivity index (χ3n) is 5.85. The highest BCUT2D eigenvalue weighted by atomic mass is 16.6. The van der Waals surface area contributed by atoms with Crippen molar-refractivity contribution in [1.82, 2.24) is 0 Å². The number of hydrogen-bond donors (Lipinski definition) is 0. The minimum Gasteiger partial charge on any atom is -0.493 e. The third kappa shape index (κ3) is 5.05. The van der Waals surface area contributed by atoms with Crippen LogP contribution in [0.25, 0.3) is 17.2 Å². The Bertz CT molecular complexity index is 1450. The Morgan fingerprint density at radius 2 is 1.56 bits per heavy atom. The Balaban J connectivity index is 1.41. The number of methoxy groups -OCH3 is 1. The average molecular weight is 476 g/mol. The van der Waals surface area contributed by atoms with Gasteiger partial charge >= 0.3 is 5.97 Å². The molecule has 0 saturated carbocycles. The maximum Gasteiger partial charge on any atom is 0.363 e. The number of para-hydroxylation sites is 1. The summed E-state index contributed by atoms with van der Waals surface area (Å²) < 4.78 is 17.2. The fourth-order valence-electron chi connectivity index (χ4n) is 4.03. The molecule has 0 N–H and O–H groups in total. The summed E-state index contributed by atoms with van der Waals surface area (Å²) in [6.45, 7) is 2.41. The molecule has 5 rings (SSSR count). The molecule has 0 aliphatic carbocycles. The van der Waals surface area contributed by atoms with E-state index < -0.39 is 5.97 Å². The molecule has 0 amide bonds. The van der Waals surface area contributed by atoms with Crippen molar-refractivity contribution >= 4 is 17.9 Å². The molecule has 0 aromatic heterocycles. The Morgan fingerprint density at radius 3 is 2.31 bits per heavy atom. The van der Waals surface area contributed by atoms with Gasteiger partial charge in [-0.2, -0.15) is 0 Å². The van der Waals surface area contributed by atoms with E-state index in [2.05, 4.69) is 23.2 Å². The van der Waals surface area contributed by atoms with Crippen molar-refractivity contribution in [2.45, 2.75) is 13.5 Å². The molecule has 0 fully saturated rings. The number of esters is 1. The molecular weight excluding hydrogens is 450 g/mol. The molecule has 178 valence electrons. The van der Waals surface area contributed by atoms with Crippen molar-refractivity contribution in [3.63, 3.8) is 0 Å². The third-order valence-corrected chi connectivity index (χ3v) is 5.85. The van der Waals surface area contributed by atoms with Gasteiger partial charge in [-0.15, -0.1) is 0 Å². The van der Waals surface area contributed by atoms with Gasteiger partial charge < -0.3 is 14.2 Å². The smallest absolute Gasteiger partial charge is 0.363 e.